The smallest absolute Gasteiger partial charge is 0.142 e. The maximum Gasteiger partial charge on any atom is 0.142 e. The van der Waals surface area contributed by atoms with Crippen molar-refractivity contribution in [2.45, 2.75) is 6.42 Å². The fraction of sp³-hybridized carbons (Fsp3) is 0.0625. The normalized spacial score (nSPS) is 10.7. The molecule has 0 spiro atoms. The van der Waals surface area contributed by atoms with Crippen molar-refractivity contribution in [3.8, 4) is 5.75 Å². The molecule has 0 aromatic heterocycles. The molecule has 2 nitrogen and oxygen atoms in total. The average molecular weight is 238 g/mol. The van der Waals surface area contributed by atoms with E-state index < -0.39 is 0 Å². The molecule has 0 unspecified atom stereocenters. The van der Waals surface area contributed by atoms with Crippen molar-refractivity contribution >= 4 is 12.4 Å². The van der Waals surface area contributed by atoms with Crippen LogP contribution < -0.4 is 0 Å². The maximum atomic E-state index is 10.2. The molecule has 0 amide bonds. The minimum absolute atomic E-state index is 0.256. The van der Waals surface area contributed by atoms with Gasteiger partial charge in [0.25, 0.3) is 0 Å². The standard InChI is InChI=1S/C16H14O2/c17-10-4-7-14-8-9-15(16(18)12-14)11-13-5-2-1-3-6-13/h1-10,12,18H,11H2/b7-4+. The number of hydrogen-bond donors (Lipinski definition) is 1. The van der Waals surface area contributed by atoms with Gasteiger partial charge in [-0.05, 0) is 28.8 Å². The summed E-state index contributed by atoms with van der Waals surface area (Å²) in [6, 6.07) is 15.4. The number of phenolic OH excluding ortho intramolecular Hbond substituents is 1. The molecule has 0 aliphatic rings. The van der Waals surface area contributed by atoms with Crippen LogP contribution in [-0.4, -0.2) is 11.4 Å². The summed E-state index contributed by atoms with van der Waals surface area (Å²) < 4.78 is 0. The first-order valence-electron chi connectivity index (χ1n) is 5.77. The van der Waals surface area contributed by atoms with Crippen LogP contribution >= 0.6 is 0 Å². The largest absolute Gasteiger partial charge is 0.508 e. The van der Waals surface area contributed by atoms with E-state index >= 15 is 0 Å². The SMILES string of the molecule is O=C/C=C/c1ccc(Cc2ccccc2)c(O)c1. The molecule has 90 valence electrons. The summed E-state index contributed by atoms with van der Waals surface area (Å²) >= 11 is 0. The highest BCUT2D eigenvalue weighted by atomic mass is 16.3. The number of carbonyl (C=O) groups is 1. The predicted octanol–water partition coefficient (Wildman–Crippen LogP) is 3.20. The van der Waals surface area contributed by atoms with Crippen molar-refractivity contribution in [1.82, 2.24) is 0 Å². The van der Waals surface area contributed by atoms with Gasteiger partial charge in [-0.1, -0.05) is 48.5 Å². The number of aromatic hydroxyl groups is 1. The minimum Gasteiger partial charge on any atom is -0.508 e. The monoisotopic (exact) mass is 238 g/mol. The molecule has 2 aromatic rings. The summed E-state index contributed by atoms with van der Waals surface area (Å²) in [4.78, 5) is 10.2. The third-order valence-corrected chi connectivity index (χ3v) is 2.71. The predicted molar refractivity (Wildman–Crippen MR) is 72.5 cm³/mol. The van der Waals surface area contributed by atoms with Crippen LogP contribution in [0.4, 0.5) is 0 Å². The van der Waals surface area contributed by atoms with E-state index in [0.717, 1.165) is 23.0 Å². The first kappa shape index (κ1) is 12.1. The fourth-order valence-corrected chi connectivity index (χ4v) is 1.80. The summed E-state index contributed by atoms with van der Waals surface area (Å²) in [7, 11) is 0. The molecule has 2 rings (SSSR count). The molecule has 1 N–H and O–H groups in total. The van der Waals surface area contributed by atoms with Gasteiger partial charge in [-0.3, -0.25) is 4.79 Å². The number of aldehydes is 1. The second-order valence-electron chi connectivity index (χ2n) is 4.05. The van der Waals surface area contributed by atoms with Gasteiger partial charge in [0.1, 0.15) is 12.0 Å². The summed E-state index contributed by atoms with van der Waals surface area (Å²) in [5, 5.41) is 9.93. The van der Waals surface area contributed by atoms with Gasteiger partial charge in [0, 0.05) is 6.42 Å². The summed E-state index contributed by atoms with van der Waals surface area (Å²) in [5.41, 5.74) is 2.85. The Morgan fingerprint density at radius 1 is 1.06 bits per heavy atom. The summed E-state index contributed by atoms with van der Waals surface area (Å²) in [6.07, 6.45) is 4.49. The van der Waals surface area contributed by atoms with E-state index in [1.807, 2.05) is 42.5 Å². The van der Waals surface area contributed by atoms with E-state index in [2.05, 4.69) is 0 Å². The third kappa shape index (κ3) is 3.08. The molecule has 0 fully saturated rings. The average Bonchev–Trinajstić information content (AvgIpc) is 2.40. The van der Waals surface area contributed by atoms with Crippen molar-refractivity contribution in [3.63, 3.8) is 0 Å². The molecule has 0 bridgehead atoms. The van der Waals surface area contributed by atoms with E-state index in [4.69, 9.17) is 0 Å². The molecule has 0 saturated heterocycles. The van der Waals surface area contributed by atoms with Crippen LogP contribution in [0.1, 0.15) is 16.7 Å². The van der Waals surface area contributed by atoms with Crippen molar-refractivity contribution in [2.24, 2.45) is 0 Å². The molecule has 2 heteroatoms. The van der Waals surface area contributed by atoms with E-state index in [0.29, 0.717) is 6.42 Å². The number of rotatable bonds is 4. The van der Waals surface area contributed by atoms with Gasteiger partial charge in [0.15, 0.2) is 0 Å². The Balaban J connectivity index is 2.20. The zero-order chi connectivity index (χ0) is 12.8. The van der Waals surface area contributed by atoms with Crippen LogP contribution in [0.3, 0.4) is 0 Å². The first-order valence-corrected chi connectivity index (χ1v) is 5.77. The molecule has 0 aliphatic heterocycles. The third-order valence-electron chi connectivity index (χ3n) is 2.71. The molecule has 0 radical (unpaired) electrons. The van der Waals surface area contributed by atoms with Crippen LogP contribution in [0.15, 0.2) is 54.6 Å². The molecule has 0 heterocycles. The van der Waals surface area contributed by atoms with Crippen LogP contribution in [0.25, 0.3) is 6.08 Å². The van der Waals surface area contributed by atoms with Crippen molar-refractivity contribution < 1.29 is 9.90 Å². The molecule has 0 saturated carbocycles. The number of hydrogen-bond acceptors (Lipinski definition) is 2. The quantitative estimate of drug-likeness (QED) is 0.656. The Kier molecular flexibility index (Phi) is 3.92. The van der Waals surface area contributed by atoms with Gasteiger partial charge in [0.2, 0.25) is 0 Å². The molecule has 0 aliphatic carbocycles. The highest BCUT2D eigenvalue weighted by Crippen LogP contribution is 2.22. The van der Waals surface area contributed by atoms with Crippen LogP contribution in [0, 0.1) is 0 Å². The lowest BCUT2D eigenvalue weighted by molar-refractivity contribution is -0.104. The van der Waals surface area contributed by atoms with Gasteiger partial charge in [0.05, 0.1) is 0 Å². The van der Waals surface area contributed by atoms with Crippen molar-refractivity contribution in [1.29, 1.82) is 0 Å². The van der Waals surface area contributed by atoms with E-state index in [-0.39, 0.29) is 5.75 Å². The molecule has 2 aromatic carbocycles. The fourth-order valence-electron chi connectivity index (χ4n) is 1.80. The zero-order valence-electron chi connectivity index (χ0n) is 9.91. The van der Waals surface area contributed by atoms with E-state index in [9.17, 15) is 9.90 Å². The van der Waals surface area contributed by atoms with Gasteiger partial charge in [-0.15, -0.1) is 0 Å². The molecule has 18 heavy (non-hydrogen) atoms. The number of benzene rings is 2. The highest BCUT2D eigenvalue weighted by Gasteiger charge is 2.02. The van der Waals surface area contributed by atoms with Crippen LogP contribution in [-0.2, 0) is 11.2 Å². The topological polar surface area (TPSA) is 37.3 Å². The highest BCUT2D eigenvalue weighted by molar-refractivity contribution is 5.74. The molecule has 0 atom stereocenters. The Morgan fingerprint density at radius 2 is 1.83 bits per heavy atom. The van der Waals surface area contributed by atoms with Gasteiger partial charge in [-0.25, -0.2) is 0 Å². The number of allylic oxidation sites excluding steroid dienone is 1. The Labute approximate surface area is 106 Å². The number of carbonyl (C=O) groups excluding carboxylic acids is 1. The Bertz CT molecular complexity index is 557. The van der Waals surface area contributed by atoms with Gasteiger partial charge >= 0.3 is 0 Å². The molecular formula is C16H14O2. The lowest BCUT2D eigenvalue weighted by Crippen LogP contribution is -1.89. The lowest BCUT2D eigenvalue weighted by Gasteiger charge is -2.05. The van der Waals surface area contributed by atoms with Gasteiger partial charge < -0.3 is 5.11 Å². The first-order chi connectivity index (χ1) is 8.79. The second kappa shape index (κ2) is 5.82. The zero-order valence-corrected chi connectivity index (χ0v) is 9.91. The van der Waals surface area contributed by atoms with Crippen molar-refractivity contribution in [3.05, 3.63) is 71.3 Å². The Hall–Kier alpha value is -2.35. The van der Waals surface area contributed by atoms with Crippen LogP contribution in [0.5, 0.6) is 5.75 Å². The molecular weight excluding hydrogens is 224 g/mol. The second-order valence-corrected chi connectivity index (χ2v) is 4.05. The summed E-state index contributed by atoms with van der Waals surface area (Å²) in [5.74, 6) is 0.256. The van der Waals surface area contributed by atoms with E-state index in [1.54, 1.807) is 12.1 Å². The summed E-state index contributed by atoms with van der Waals surface area (Å²) in [6.45, 7) is 0. The van der Waals surface area contributed by atoms with E-state index in [1.165, 1.54) is 6.08 Å². The minimum atomic E-state index is 0.256. The maximum absolute atomic E-state index is 10.2. The van der Waals surface area contributed by atoms with Crippen LogP contribution in [0.2, 0.25) is 0 Å². The number of phenols is 1. The Morgan fingerprint density at radius 3 is 2.50 bits per heavy atom. The lowest BCUT2D eigenvalue weighted by atomic mass is 10.0. The van der Waals surface area contributed by atoms with Crippen molar-refractivity contribution in [2.75, 3.05) is 0 Å². The van der Waals surface area contributed by atoms with Gasteiger partial charge in [-0.2, -0.15) is 0 Å².